The number of fused-ring (bicyclic) bond motifs is 5. The van der Waals surface area contributed by atoms with E-state index in [1.807, 2.05) is 46.4 Å². The summed E-state index contributed by atoms with van der Waals surface area (Å²) in [6.45, 7) is 31.1. The molecule has 13 heteroatoms. The molecule has 4 aliphatic carbocycles. The zero-order chi connectivity index (χ0) is 53.5. The van der Waals surface area contributed by atoms with Gasteiger partial charge in [0.15, 0.2) is 0 Å². The van der Waals surface area contributed by atoms with E-state index in [0.717, 1.165) is 54.8 Å². The number of carbonyl (C=O) groups excluding carboxylic acids is 5. The number of hydrogen-bond acceptors (Lipinski definition) is 9. The molecule has 0 heterocycles. The van der Waals surface area contributed by atoms with Gasteiger partial charge >= 0.3 is 24.2 Å². The fourth-order valence-electron chi connectivity index (χ4n) is 13.0. The molecule has 0 bridgehead atoms. The number of nitrogens with zero attached hydrogens (tertiary/aromatic N) is 2. The Morgan fingerprint density at radius 1 is 0.681 bits per heavy atom. The Bertz CT molecular complexity index is 1780. The monoisotopic (exact) mass is 1010 g/mol. The first kappa shape index (κ1) is 61.0. The molecule has 0 aromatic carbocycles. The molecule has 13 nitrogen and oxygen atoms in total. The first-order valence-electron chi connectivity index (χ1n) is 28.7. The SMILES string of the molecule is CC[C@H](CCCC1CCC2C3CC=C4CC(OC(=O)CCCCC(=O)N(CCCCN(CCCNC(=O)OC(C)(C)C)C(=O)OC(C)(C)C)CCCNC(=O)OC(C)(C)C)CCC4(C)C3CCC12C)C(C)C. The lowest BCUT2D eigenvalue weighted by molar-refractivity contribution is -0.151. The maximum absolute atomic E-state index is 13.7. The van der Waals surface area contributed by atoms with Crippen LogP contribution < -0.4 is 10.6 Å². The number of alkyl carbamates (subject to hydrolysis) is 2. The van der Waals surface area contributed by atoms with Gasteiger partial charge in [0.2, 0.25) is 5.91 Å². The molecule has 4 aliphatic rings. The molecule has 414 valence electrons. The standard InChI is InChI=1S/C59H104N4O9/c1-15-43(42(2)3)23-20-24-44-28-30-48-47-29-27-45-41-46(31-33-59(45,14)49(47)32-34-58(44,48)13)69-51(65)26-17-16-25-50(64)62(39-21-35-60-52(66)70-55(4,5)6)37-18-19-38-63(54(68)72-57(10,11)12)40-22-36-61-53(67)71-56(7,8)9/h27,42-44,46-49H,15-26,28-41H2,1-14H3,(H,60,66)(H,61,67)/t43-,44?,46?,47?,48?,49?,58?,59?/m1/s1. The molecule has 4 amide bonds. The zero-order valence-electron chi connectivity index (χ0n) is 48.1. The lowest BCUT2D eigenvalue weighted by atomic mass is 9.47. The van der Waals surface area contributed by atoms with Gasteiger partial charge in [0.25, 0.3) is 0 Å². The van der Waals surface area contributed by atoms with Crippen LogP contribution >= 0.6 is 0 Å². The Labute approximate surface area is 437 Å². The number of amides is 4. The molecule has 0 radical (unpaired) electrons. The van der Waals surface area contributed by atoms with Crippen molar-refractivity contribution in [2.75, 3.05) is 39.3 Å². The zero-order valence-corrected chi connectivity index (χ0v) is 48.1. The summed E-state index contributed by atoms with van der Waals surface area (Å²) in [5.41, 5.74) is 0.326. The topological polar surface area (TPSA) is 153 Å². The normalized spacial score (nSPS) is 25.5. The van der Waals surface area contributed by atoms with E-state index in [4.69, 9.17) is 18.9 Å². The summed E-state index contributed by atoms with van der Waals surface area (Å²) in [5, 5.41) is 5.54. The maximum atomic E-state index is 13.7. The van der Waals surface area contributed by atoms with E-state index in [0.29, 0.717) is 89.6 Å². The van der Waals surface area contributed by atoms with Crippen molar-refractivity contribution < 1.29 is 42.9 Å². The average Bonchev–Trinajstić information content (AvgIpc) is 3.60. The smallest absolute Gasteiger partial charge is 0.410 e. The van der Waals surface area contributed by atoms with Crippen LogP contribution in [0.4, 0.5) is 14.4 Å². The predicted octanol–water partition coefficient (Wildman–Crippen LogP) is 13.6. The molecule has 7 unspecified atom stereocenters. The van der Waals surface area contributed by atoms with Crippen molar-refractivity contribution in [3.63, 3.8) is 0 Å². The van der Waals surface area contributed by atoms with Crippen molar-refractivity contribution in [3.8, 4) is 0 Å². The summed E-state index contributed by atoms with van der Waals surface area (Å²) < 4.78 is 22.6. The Balaban J connectivity index is 1.25. The third-order valence-corrected chi connectivity index (χ3v) is 16.8. The number of rotatable bonds is 25. The molecule has 2 N–H and O–H groups in total. The molecule has 0 aliphatic heterocycles. The summed E-state index contributed by atoms with van der Waals surface area (Å²) in [7, 11) is 0. The van der Waals surface area contributed by atoms with E-state index >= 15 is 0 Å². The number of allylic oxidation sites excluding steroid dienone is 1. The molecule has 8 atom stereocenters. The van der Waals surface area contributed by atoms with Crippen LogP contribution in [0.15, 0.2) is 11.6 Å². The average molecular weight is 1010 g/mol. The van der Waals surface area contributed by atoms with E-state index in [9.17, 15) is 24.0 Å². The molecule has 4 rings (SSSR count). The summed E-state index contributed by atoms with van der Waals surface area (Å²) in [5.74, 6) is 4.68. The van der Waals surface area contributed by atoms with Gasteiger partial charge in [0.1, 0.15) is 22.9 Å². The highest BCUT2D eigenvalue weighted by Gasteiger charge is 2.58. The van der Waals surface area contributed by atoms with E-state index in [-0.39, 0.29) is 29.8 Å². The summed E-state index contributed by atoms with van der Waals surface area (Å²) in [4.78, 5) is 68.2. The van der Waals surface area contributed by atoms with Gasteiger partial charge in [-0.2, -0.15) is 0 Å². The van der Waals surface area contributed by atoms with Crippen LogP contribution in [-0.2, 0) is 28.5 Å². The van der Waals surface area contributed by atoms with Gasteiger partial charge in [-0.15, -0.1) is 0 Å². The number of esters is 1. The summed E-state index contributed by atoms with van der Waals surface area (Å²) in [6.07, 6.45) is 20.1. The lowest BCUT2D eigenvalue weighted by Crippen LogP contribution is -2.50. The van der Waals surface area contributed by atoms with Gasteiger partial charge in [0.05, 0.1) is 0 Å². The van der Waals surface area contributed by atoms with Crippen molar-refractivity contribution in [1.82, 2.24) is 20.4 Å². The van der Waals surface area contributed by atoms with Crippen molar-refractivity contribution in [2.45, 2.75) is 248 Å². The fraction of sp³-hybridized carbons (Fsp3) is 0.881. The molecular formula is C59H104N4O9. The number of unbranched alkanes of at least 4 members (excludes halogenated alkanes) is 2. The van der Waals surface area contributed by atoms with Gasteiger partial charge in [-0.1, -0.05) is 65.5 Å². The van der Waals surface area contributed by atoms with Crippen LogP contribution in [0, 0.1) is 46.3 Å². The molecule has 3 saturated carbocycles. The summed E-state index contributed by atoms with van der Waals surface area (Å²) >= 11 is 0. The van der Waals surface area contributed by atoms with Crippen LogP contribution in [0.3, 0.4) is 0 Å². The Kier molecular flexibility index (Phi) is 23.2. The van der Waals surface area contributed by atoms with Gasteiger partial charge in [0, 0.05) is 58.5 Å². The van der Waals surface area contributed by atoms with E-state index in [1.54, 1.807) is 25.7 Å². The number of ether oxygens (including phenoxy) is 4. The Morgan fingerprint density at radius 3 is 1.83 bits per heavy atom. The van der Waals surface area contributed by atoms with Crippen LogP contribution in [0.5, 0.6) is 0 Å². The molecule has 0 aromatic heterocycles. The largest absolute Gasteiger partial charge is 0.462 e. The second kappa shape index (κ2) is 27.3. The minimum absolute atomic E-state index is 0.00476. The van der Waals surface area contributed by atoms with Crippen molar-refractivity contribution in [3.05, 3.63) is 11.6 Å². The first-order chi connectivity index (χ1) is 33.6. The van der Waals surface area contributed by atoms with Gasteiger partial charge in [-0.25, -0.2) is 14.4 Å². The lowest BCUT2D eigenvalue weighted by Gasteiger charge is -2.58. The second-order valence-electron chi connectivity index (χ2n) is 26.1. The fourth-order valence-corrected chi connectivity index (χ4v) is 13.0. The Morgan fingerprint density at radius 2 is 1.25 bits per heavy atom. The maximum Gasteiger partial charge on any atom is 0.410 e. The van der Waals surface area contributed by atoms with E-state index in [2.05, 4.69) is 51.3 Å². The summed E-state index contributed by atoms with van der Waals surface area (Å²) in [6, 6.07) is 0. The molecule has 0 aromatic rings. The predicted molar refractivity (Wildman–Crippen MR) is 287 cm³/mol. The van der Waals surface area contributed by atoms with E-state index in [1.165, 1.54) is 63.4 Å². The molecule has 72 heavy (non-hydrogen) atoms. The van der Waals surface area contributed by atoms with Crippen LogP contribution in [0.2, 0.25) is 0 Å². The molecular weight excluding hydrogens is 909 g/mol. The van der Waals surface area contributed by atoms with Crippen molar-refractivity contribution in [1.29, 1.82) is 0 Å². The number of hydrogen-bond donors (Lipinski definition) is 2. The van der Waals surface area contributed by atoms with Crippen molar-refractivity contribution >= 4 is 30.2 Å². The van der Waals surface area contributed by atoms with Crippen molar-refractivity contribution in [2.24, 2.45) is 46.3 Å². The highest BCUT2D eigenvalue weighted by atomic mass is 16.6. The third kappa shape index (κ3) is 19.3. The van der Waals surface area contributed by atoms with Crippen LogP contribution in [0.25, 0.3) is 0 Å². The molecule has 0 spiro atoms. The molecule has 3 fully saturated rings. The Hall–Kier alpha value is -3.51. The van der Waals surface area contributed by atoms with Gasteiger partial charge in [-0.05, 0) is 199 Å². The number of nitrogens with one attached hydrogen (secondary N) is 2. The quantitative estimate of drug-likeness (QED) is 0.0394. The highest BCUT2D eigenvalue weighted by Crippen LogP contribution is 2.67. The minimum atomic E-state index is -0.671. The highest BCUT2D eigenvalue weighted by molar-refractivity contribution is 5.76. The second-order valence-corrected chi connectivity index (χ2v) is 26.1. The number of carbonyl (C=O) groups is 5. The third-order valence-electron chi connectivity index (χ3n) is 16.8. The van der Waals surface area contributed by atoms with Gasteiger partial charge in [-0.3, -0.25) is 9.59 Å². The van der Waals surface area contributed by atoms with Gasteiger partial charge < -0.3 is 39.4 Å². The van der Waals surface area contributed by atoms with E-state index < -0.39 is 35.1 Å². The van der Waals surface area contributed by atoms with Crippen LogP contribution in [-0.4, -0.2) is 102 Å². The van der Waals surface area contributed by atoms with Crippen LogP contribution in [0.1, 0.15) is 225 Å². The first-order valence-corrected chi connectivity index (χ1v) is 28.7. The molecule has 0 saturated heterocycles. The minimum Gasteiger partial charge on any atom is -0.462 e.